The minimum absolute atomic E-state index is 0.0820. The number of halogens is 1. The molecule has 4 N–H and O–H groups in total. The van der Waals surface area contributed by atoms with Gasteiger partial charge in [0.15, 0.2) is 0 Å². The number of aliphatic hydroxyl groups is 1. The van der Waals surface area contributed by atoms with Crippen molar-refractivity contribution >= 4 is 27.5 Å². The van der Waals surface area contributed by atoms with Gasteiger partial charge in [-0.2, -0.15) is 0 Å². The van der Waals surface area contributed by atoms with Crippen LogP contribution in [0.4, 0.5) is 0 Å². The topological polar surface area (TPSA) is 109 Å². The Kier molecular flexibility index (Phi) is 5.98. The molecule has 0 atom stereocenters. The summed E-state index contributed by atoms with van der Waals surface area (Å²) in [6.45, 7) is -0.368. The van der Waals surface area contributed by atoms with E-state index in [2.05, 4.69) is 17.2 Å². The van der Waals surface area contributed by atoms with Gasteiger partial charge in [0.2, 0.25) is 10.0 Å². The van der Waals surface area contributed by atoms with E-state index in [9.17, 15) is 13.2 Å². The average molecular weight is 317 g/mol. The van der Waals surface area contributed by atoms with E-state index in [-0.39, 0.29) is 29.5 Å². The first kappa shape index (κ1) is 16.5. The van der Waals surface area contributed by atoms with Crippen molar-refractivity contribution in [1.29, 1.82) is 0 Å². The third-order valence-electron chi connectivity index (χ3n) is 2.21. The van der Waals surface area contributed by atoms with Gasteiger partial charge in [0.25, 0.3) is 5.91 Å². The molecule has 6 nitrogen and oxygen atoms in total. The molecule has 1 rings (SSSR count). The Morgan fingerprint density at radius 1 is 1.45 bits per heavy atom. The maximum atomic E-state index is 11.7. The summed E-state index contributed by atoms with van der Waals surface area (Å²) in [4.78, 5) is 11.7. The minimum Gasteiger partial charge on any atom is -0.384 e. The van der Waals surface area contributed by atoms with Crippen LogP contribution in [-0.2, 0) is 10.0 Å². The Morgan fingerprint density at radius 3 is 2.70 bits per heavy atom. The van der Waals surface area contributed by atoms with Gasteiger partial charge >= 0.3 is 0 Å². The number of benzene rings is 1. The number of nitrogens with two attached hydrogens (primary N) is 1. The third-order valence-corrected chi connectivity index (χ3v) is 3.29. The number of hydrogen-bond acceptors (Lipinski definition) is 4. The summed E-state index contributed by atoms with van der Waals surface area (Å²) >= 11 is 5.94. The first-order valence-corrected chi connectivity index (χ1v) is 7.61. The average Bonchev–Trinajstić information content (AvgIpc) is 2.35. The van der Waals surface area contributed by atoms with Crippen LogP contribution in [0.3, 0.4) is 0 Å². The van der Waals surface area contributed by atoms with Crippen LogP contribution >= 0.6 is 11.6 Å². The maximum absolute atomic E-state index is 11.7. The lowest BCUT2D eigenvalue weighted by atomic mass is 10.1. The summed E-state index contributed by atoms with van der Waals surface area (Å²) < 4.78 is 21.4. The second-order valence-electron chi connectivity index (χ2n) is 3.78. The highest BCUT2D eigenvalue weighted by molar-refractivity contribution is 7.89. The first-order chi connectivity index (χ1) is 9.33. The standard InChI is InChI=1S/C12H13ClN2O4S/c13-11-8-10(4-3-9(11)2-1-6-16)12(17)15-5-7-20(14,18)19/h3-4,8,16H,5-7H2,(H,15,17)(H2,14,18,19). The predicted molar refractivity (Wildman–Crippen MR) is 75.7 cm³/mol. The fourth-order valence-corrected chi connectivity index (χ4v) is 1.92. The molecule has 1 aromatic rings. The Hall–Kier alpha value is -1.59. The molecule has 0 saturated carbocycles. The van der Waals surface area contributed by atoms with Crippen LogP contribution in [0.2, 0.25) is 5.02 Å². The molecule has 0 bridgehead atoms. The molecular weight excluding hydrogens is 304 g/mol. The normalized spacial score (nSPS) is 10.6. The largest absolute Gasteiger partial charge is 0.384 e. The number of carbonyl (C=O) groups excluding carboxylic acids is 1. The zero-order valence-electron chi connectivity index (χ0n) is 10.4. The van der Waals surface area contributed by atoms with E-state index in [0.717, 1.165) is 0 Å². The van der Waals surface area contributed by atoms with Crippen molar-refractivity contribution in [3.8, 4) is 11.8 Å². The van der Waals surface area contributed by atoms with Crippen LogP contribution in [0.25, 0.3) is 0 Å². The SMILES string of the molecule is NS(=O)(=O)CCNC(=O)c1ccc(C#CCO)c(Cl)c1. The molecule has 0 fully saturated rings. The van der Waals surface area contributed by atoms with Crippen LogP contribution in [-0.4, -0.2) is 38.3 Å². The van der Waals surface area contributed by atoms with Crippen molar-refractivity contribution in [3.63, 3.8) is 0 Å². The molecule has 1 aromatic carbocycles. The van der Waals surface area contributed by atoms with Gasteiger partial charge in [0.1, 0.15) is 6.61 Å². The molecule has 0 unspecified atom stereocenters. The molecule has 0 aliphatic heterocycles. The molecule has 0 radical (unpaired) electrons. The van der Waals surface area contributed by atoms with E-state index in [1.165, 1.54) is 12.1 Å². The van der Waals surface area contributed by atoms with Crippen LogP contribution < -0.4 is 10.5 Å². The van der Waals surface area contributed by atoms with Crippen molar-refractivity contribution in [2.24, 2.45) is 5.14 Å². The summed E-state index contributed by atoms with van der Waals surface area (Å²) in [6, 6.07) is 4.45. The summed E-state index contributed by atoms with van der Waals surface area (Å²) in [5.41, 5.74) is 0.765. The number of aliphatic hydroxyl groups excluding tert-OH is 1. The van der Waals surface area contributed by atoms with Crippen LogP contribution in [0.1, 0.15) is 15.9 Å². The smallest absolute Gasteiger partial charge is 0.251 e. The summed E-state index contributed by atoms with van der Waals surface area (Å²) in [7, 11) is -3.61. The van der Waals surface area contributed by atoms with E-state index < -0.39 is 15.9 Å². The number of carbonyl (C=O) groups is 1. The van der Waals surface area contributed by atoms with Gasteiger partial charge in [0, 0.05) is 17.7 Å². The highest BCUT2D eigenvalue weighted by atomic mass is 35.5. The molecule has 1 amide bonds. The van der Waals surface area contributed by atoms with Crippen molar-refractivity contribution in [2.75, 3.05) is 18.9 Å². The van der Waals surface area contributed by atoms with E-state index in [4.69, 9.17) is 21.8 Å². The van der Waals surface area contributed by atoms with Crippen molar-refractivity contribution in [1.82, 2.24) is 5.32 Å². The number of hydrogen-bond donors (Lipinski definition) is 3. The molecule has 0 aromatic heterocycles. The van der Waals surface area contributed by atoms with Crippen molar-refractivity contribution in [3.05, 3.63) is 34.3 Å². The zero-order chi connectivity index (χ0) is 15.2. The first-order valence-electron chi connectivity index (χ1n) is 5.51. The third kappa shape index (κ3) is 5.59. The molecule has 0 aliphatic carbocycles. The molecule has 108 valence electrons. The van der Waals surface area contributed by atoms with Gasteiger partial charge in [-0.25, -0.2) is 13.6 Å². The lowest BCUT2D eigenvalue weighted by Crippen LogP contribution is -2.31. The number of primary sulfonamides is 1. The van der Waals surface area contributed by atoms with Crippen molar-refractivity contribution in [2.45, 2.75) is 0 Å². The van der Waals surface area contributed by atoms with Crippen LogP contribution in [0.15, 0.2) is 18.2 Å². The van der Waals surface area contributed by atoms with Crippen LogP contribution in [0, 0.1) is 11.8 Å². The summed E-state index contributed by atoms with van der Waals surface area (Å²) in [5, 5.41) is 16.1. The second-order valence-corrected chi connectivity index (χ2v) is 5.92. The molecule has 0 spiro atoms. The van der Waals surface area contributed by atoms with Crippen molar-refractivity contribution < 1.29 is 18.3 Å². The van der Waals surface area contributed by atoms with E-state index >= 15 is 0 Å². The molecule has 0 saturated heterocycles. The Morgan fingerprint density at radius 2 is 2.15 bits per heavy atom. The summed E-state index contributed by atoms with van der Waals surface area (Å²) in [5.74, 6) is 4.28. The number of amides is 1. The van der Waals surface area contributed by atoms with Gasteiger partial charge in [0.05, 0.1) is 10.8 Å². The molecule has 8 heteroatoms. The number of rotatable bonds is 4. The Labute approximate surface area is 122 Å². The number of sulfonamides is 1. The molecular formula is C12H13ClN2O4S. The van der Waals surface area contributed by atoms with Gasteiger partial charge in [-0.3, -0.25) is 4.79 Å². The van der Waals surface area contributed by atoms with E-state index in [1.54, 1.807) is 6.07 Å². The maximum Gasteiger partial charge on any atom is 0.251 e. The van der Waals surface area contributed by atoms with Crippen LogP contribution in [0.5, 0.6) is 0 Å². The minimum atomic E-state index is -3.61. The number of nitrogens with one attached hydrogen (secondary N) is 1. The fraction of sp³-hybridized carbons (Fsp3) is 0.250. The quantitative estimate of drug-likeness (QED) is 0.663. The molecule has 20 heavy (non-hydrogen) atoms. The van der Waals surface area contributed by atoms with Gasteiger partial charge in [-0.1, -0.05) is 23.4 Å². The Balaban J connectivity index is 2.73. The fourth-order valence-electron chi connectivity index (χ4n) is 1.30. The monoisotopic (exact) mass is 316 g/mol. The lowest BCUT2D eigenvalue weighted by Gasteiger charge is -2.05. The van der Waals surface area contributed by atoms with Gasteiger partial charge < -0.3 is 10.4 Å². The zero-order valence-corrected chi connectivity index (χ0v) is 12.0. The van der Waals surface area contributed by atoms with Gasteiger partial charge in [-0.05, 0) is 18.2 Å². The highest BCUT2D eigenvalue weighted by Gasteiger charge is 2.09. The van der Waals surface area contributed by atoms with Gasteiger partial charge in [-0.15, -0.1) is 0 Å². The molecule has 0 heterocycles. The second kappa shape index (κ2) is 7.26. The van der Waals surface area contributed by atoms with E-state index in [1.807, 2.05) is 0 Å². The van der Waals surface area contributed by atoms with E-state index in [0.29, 0.717) is 5.56 Å². The lowest BCUT2D eigenvalue weighted by molar-refractivity contribution is 0.0956. The predicted octanol–water partition coefficient (Wildman–Crippen LogP) is -0.298. The summed E-state index contributed by atoms with van der Waals surface area (Å²) in [6.07, 6.45) is 0. The Bertz CT molecular complexity index is 662. The highest BCUT2D eigenvalue weighted by Crippen LogP contribution is 2.16. The molecule has 0 aliphatic rings.